The lowest BCUT2D eigenvalue weighted by Gasteiger charge is -2.19. The van der Waals surface area contributed by atoms with Crippen molar-refractivity contribution < 1.29 is 19.1 Å². The molecule has 8 heteroatoms. The second-order valence-electron chi connectivity index (χ2n) is 5.46. The number of carbonyl (C=O) groups excluding carboxylic acids is 2. The van der Waals surface area contributed by atoms with Gasteiger partial charge in [0.05, 0.1) is 18.8 Å². The maximum absolute atomic E-state index is 12.4. The van der Waals surface area contributed by atoms with E-state index in [0.717, 1.165) is 24.8 Å². The van der Waals surface area contributed by atoms with E-state index in [1.54, 1.807) is 13.8 Å². The Morgan fingerprint density at radius 3 is 2.67 bits per heavy atom. The largest absolute Gasteiger partial charge is 0.462 e. The molecule has 1 aromatic heterocycles. The Morgan fingerprint density at radius 2 is 2.00 bits per heavy atom. The number of hydrogen-bond acceptors (Lipinski definition) is 6. The minimum atomic E-state index is -0.623. The van der Waals surface area contributed by atoms with E-state index in [2.05, 4.69) is 17.6 Å². The SMILES string of the molecule is CCOC(=O)NC(=S)Nc1sc2c(c1C(=O)OCC)C(C)CCC2. The number of amides is 1. The standard InChI is InChI=1S/C16H22N2O4S2/c1-4-21-14(19)12-11-9(3)7-6-8-10(11)24-13(12)17-15(23)18-16(20)22-5-2/h9H,4-8H2,1-3H3,(H2,17,18,20,23). The zero-order valence-corrected chi connectivity index (χ0v) is 15.7. The molecular weight excluding hydrogens is 348 g/mol. The number of aryl methyl sites for hydroxylation is 1. The Morgan fingerprint density at radius 1 is 1.29 bits per heavy atom. The minimum absolute atomic E-state index is 0.102. The van der Waals surface area contributed by atoms with E-state index in [1.807, 2.05) is 0 Å². The van der Waals surface area contributed by atoms with Crippen molar-refractivity contribution in [3.63, 3.8) is 0 Å². The van der Waals surface area contributed by atoms with Gasteiger partial charge in [-0.1, -0.05) is 6.92 Å². The monoisotopic (exact) mass is 370 g/mol. The highest BCUT2D eigenvalue weighted by Crippen LogP contribution is 2.43. The number of thiophene rings is 1. The van der Waals surface area contributed by atoms with E-state index >= 15 is 0 Å². The zero-order valence-electron chi connectivity index (χ0n) is 14.1. The van der Waals surface area contributed by atoms with Crippen LogP contribution < -0.4 is 10.6 Å². The van der Waals surface area contributed by atoms with E-state index in [4.69, 9.17) is 21.7 Å². The van der Waals surface area contributed by atoms with E-state index in [9.17, 15) is 9.59 Å². The number of alkyl carbamates (subject to hydrolysis) is 1. The van der Waals surface area contributed by atoms with Crippen LogP contribution in [0.5, 0.6) is 0 Å². The summed E-state index contributed by atoms with van der Waals surface area (Å²) >= 11 is 6.64. The molecule has 1 unspecified atom stereocenters. The Labute approximate surface area is 150 Å². The molecule has 1 amide bonds. The predicted molar refractivity (Wildman–Crippen MR) is 98.0 cm³/mol. The van der Waals surface area contributed by atoms with Crippen LogP contribution in [0.2, 0.25) is 0 Å². The van der Waals surface area contributed by atoms with Crippen molar-refractivity contribution in [2.24, 2.45) is 0 Å². The third-order valence-corrected chi connectivity index (χ3v) is 5.14. The van der Waals surface area contributed by atoms with Gasteiger partial charge in [0, 0.05) is 4.88 Å². The molecule has 1 heterocycles. The molecule has 1 aliphatic carbocycles. The third-order valence-electron chi connectivity index (χ3n) is 3.75. The summed E-state index contributed by atoms with van der Waals surface area (Å²) in [6, 6.07) is 0. The van der Waals surface area contributed by atoms with Crippen molar-refractivity contribution in [1.29, 1.82) is 0 Å². The van der Waals surface area contributed by atoms with Gasteiger partial charge in [-0.3, -0.25) is 5.32 Å². The van der Waals surface area contributed by atoms with Crippen molar-refractivity contribution in [3.8, 4) is 0 Å². The molecule has 1 atom stereocenters. The van der Waals surface area contributed by atoms with Crippen LogP contribution in [0.25, 0.3) is 0 Å². The minimum Gasteiger partial charge on any atom is -0.462 e. The van der Waals surface area contributed by atoms with Gasteiger partial charge in [-0.2, -0.15) is 0 Å². The molecule has 132 valence electrons. The molecule has 2 rings (SSSR count). The van der Waals surface area contributed by atoms with Crippen LogP contribution in [-0.4, -0.2) is 30.4 Å². The number of rotatable bonds is 4. The van der Waals surface area contributed by atoms with Gasteiger partial charge in [-0.15, -0.1) is 11.3 Å². The molecule has 6 nitrogen and oxygen atoms in total. The molecule has 0 fully saturated rings. The number of ether oxygens (including phenoxy) is 2. The molecular formula is C16H22N2O4S2. The highest BCUT2D eigenvalue weighted by Gasteiger charge is 2.30. The molecule has 0 aliphatic heterocycles. The van der Waals surface area contributed by atoms with Crippen LogP contribution in [-0.2, 0) is 15.9 Å². The highest BCUT2D eigenvalue weighted by molar-refractivity contribution is 7.80. The summed E-state index contributed by atoms with van der Waals surface area (Å²) in [4.78, 5) is 25.1. The smallest absolute Gasteiger partial charge is 0.413 e. The summed E-state index contributed by atoms with van der Waals surface area (Å²) in [5.74, 6) is -0.0586. The number of fused-ring (bicyclic) bond motifs is 1. The van der Waals surface area contributed by atoms with Crippen LogP contribution in [0.15, 0.2) is 0 Å². The molecule has 1 aromatic rings. The van der Waals surface area contributed by atoms with Crippen LogP contribution in [0.4, 0.5) is 9.80 Å². The van der Waals surface area contributed by atoms with Gasteiger partial charge in [0.1, 0.15) is 5.00 Å². The predicted octanol–water partition coefficient (Wildman–Crippen LogP) is 3.81. The molecule has 0 saturated heterocycles. The summed E-state index contributed by atoms with van der Waals surface area (Å²) < 4.78 is 10.0. The number of carbonyl (C=O) groups is 2. The lowest BCUT2D eigenvalue weighted by atomic mass is 9.86. The Balaban J connectivity index is 2.27. The number of esters is 1. The molecule has 24 heavy (non-hydrogen) atoms. The highest BCUT2D eigenvalue weighted by atomic mass is 32.1. The summed E-state index contributed by atoms with van der Waals surface area (Å²) in [5, 5.41) is 6.11. The van der Waals surface area contributed by atoms with E-state index in [-0.39, 0.29) is 17.7 Å². The molecule has 0 bridgehead atoms. The normalized spacial score (nSPS) is 16.0. The summed E-state index contributed by atoms with van der Waals surface area (Å²) in [6.07, 6.45) is 2.46. The maximum Gasteiger partial charge on any atom is 0.413 e. The maximum atomic E-state index is 12.4. The molecule has 0 aromatic carbocycles. The van der Waals surface area contributed by atoms with Crippen molar-refractivity contribution >= 4 is 45.7 Å². The van der Waals surface area contributed by atoms with Crippen LogP contribution in [0, 0.1) is 0 Å². The first-order valence-corrected chi connectivity index (χ1v) is 9.27. The average Bonchev–Trinajstić information content (AvgIpc) is 2.86. The van der Waals surface area contributed by atoms with Crippen molar-refractivity contribution in [2.45, 2.75) is 46.0 Å². The van der Waals surface area contributed by atoms with Gasteiger partial charge in [0.2, 0.25) is 0 Å². The first-order chi connectivity index (χ1) is 11.5. The lowest BCUT2D eigenvalue weighted by Crippen LogP contribution is -2.34. The van der Waals surface area contributed by atoms with Crippen LogP contribution >= 0.6 is 23.6 Å². The summed E-state index contributed by atoms with van der Waals surface area (Å²) in [7, 11) is 0. The van der Waals surface area contributed by atoms with Gasteiger partial charge >= 0.3 is 12.1 Å². The summed E-state index contributed by atoms with van der Waals surface area (Å²) in [6.45, 7) is 6.17. The van der Waals surface area contributed by atoms with Crippen molar-refractivity contribution in [1.82, 2.24) is 5.32 Å². The quantitative estimate of drug-likeness (QED) is 0.620. The average molecular weight is 370 g/mol. The fourth-order valence-electron chi connectivity index (χ4n) is 2.80. The molecule has 1 aliphatic rings. The number of hydrogen-bond donors (Lipinski definition) is 2. The molecule has 2 N–H and O–H groups in total. The first kappa shape index (κ1) is 18.7. The molecule has 0 spiro atoms. The first-order valence-electron chi connectivity index (χ1n) is 8.05. The van der Waals surface area contributed by atoms with Gasteiger partial charge in [0.15, 0.2) is 5.11 Å². The third kappa shape index (κ3) is 4.24. The van der Waals surface area contributed by atoms with E-state index in [1.165, 1.54) is 16.2 Å². The molecule has 0 saturated carbocycles. The van der Waals surface area contributed by atoms with Crippen LogP contribution in [0.1, 0.15) is 60.3 Å². The molecule has 0 radical (unpaired) electrons. The zero-order chi connectivity index (χ0) is 17.7. The number of nitrogens with one attached hydrogen (secondary N) is 2. The fourth-order valence-corrected chi connectivity index (χ4v) is 4.40. The van der Waals surface area contributed by atoms with Crippen molar-refractivity contribution in [3.05, 3.63) is 16.0 Å². The Bertz CT molecular complexity index is 642. The van der Waals surface area contributed by atoms with Crippen LogP contribution in [0.3, 0.4) is 0 Å². The number of thiocarbonyl (C=S) groups is 1. The second kappa shape index (κ2) is 8.43. The second-order valence-corrected chi connectivity index (χ2v) is 6.97. The lowest BCUT2D eigenvalue weighted by molar-refractivity contribution is 0.0526. The number of anilines is 1. The topological polar surface area (TPSA) is 76.7 Å². The van der Waals surface area contributed by atoms with Gasteiger partial charge in [-0.05, 0) is 56.8 Å². The van der Waals surface area contributed by atoms with Crippen molar-refractivity contribution in [2.75, 3.05) is 18.5 Å². The Hall–Kier alpha value is -1.67. The van der Waals surface area contributed by atoms with Gasteiger partial charge < -0.3 is 14.8 Å². The Kier molecular flexibility index (Phi) is 6.56. The summed E-state index contributed by atoms with van der Waals surface area (Å²) in [5.41, 5.74) is 1.59. The van der Waals surface area contributed by atoms with Gasteiger partial charge in [0.25, 0.3) is 0 Å². The fraction of sp³-hybridized carbons (Fsp3) is 0.562. The van der Waals surface area contributed by atoms with E-state index < -0.39 is 6.09 Å². The van der Waals surface area contributed by atoms with Gasteiger partial charge in [-0.25, -0.2) is 9.59 Å². The van der Waals surface area contributed by atoms with E-state index in [0.29, 0.717) is 23.1 Å².